The van der Waals surface area contributed by atoms with E-state index in [-0.39, 0.29) is 0 Å². The Labute approximate surface area is 236 Å². The Hall–Kier alpha value is -0.410. The Balaban J connectivity index is 1.23. The molecule has 9 atom stereocenters. The smallest absolute Gasteiger partial charge is 0.106 e. The number of hydrogen-bond acceptors (Lipinski definition) is 3. The topological polar surface area (TPSA) is 12.9 Å². The third-order valence-corrected chi connectivity index (χ3v) is 15.0. The van der Waals surface area contributed by atoms with Gasteiger partial charge >= 0.3 is 0 Å². The maximum Gasteiger partial charge on any atom is 0.106 e. The highest BCUT2D eigenvalue weighted by Gasteiger charge is 2.59. The summed E-state index contributed by atoms with van der Waals surface area (Å²) in [6, 6.07) is 6.27. The second-order valence-corrected chi connectivity index (χ2v) is 16.7. The Morgan fingerprint density at radius 2 is 1.84 bits per heavy atom. The Bertz CT molecular complexity index is 927. The Kier molecular flexibility index (Phi) is 8.82. The summed E-state index contributed by atoms with van der Waals surface area (Å²) >= 11 is 0. The quantitative estimate of drug-likeness (QED) is 0.229. The van der Waals surface area contributed by atoms with Crippen molar-refractivity contribution in [2.24, 2.45) is 52.3 Å². The van der Waals surface area contributed by atoms with Gasteiger partial charge in [-0.1, -0.05) is 82.9 Å². The third kappa shape index (κ3) is 5.48. The molecule has 0 amide bonds. The van der Waals surface area contributed by atoms with Crippen LogP contribution in [-0.4, -0.2) is 10.2 Å². The molecule has 5 rings (SSSR count). The van der Waals surface area contributed by atoms with Gasteiger partial charge in [-0.15, -0.1) is 0 Å². The summed E-state index contributed by atoms with van der Waals surface area (Å²) in [6.45, 7) is 15.3. The van der Waals surface area contributed by atoms with E-state index in [4.69, 9.17) is 0 Å². The fourth-order valence-electron chi connectivity index (χ4n) is 9.89. The van der Waals surface area contributed by atoms with Gasteiger partial charge in [0.1, 0.15) is 5.03 Å². The van der Waals surface area contributed by atoms with Crippen LogP contribution in [0.4, 0.5) is 0 Å². The van der Waals surface area contributed by atoms with Gasteiger partial charge in [-0.05, 0) is 133 Å². The molecular weight excluding hydrogens is 487 g/mol. The van der Waals surface area contributed by atoms with Gasteiger partial charge in [-0.25, -0.2) is 4.98 Å². The summed E-state index contributed by atoms with van der Waals surface area (Å²) in [4.78, 5) is 4.53. The molecule has 3 saturated carbocycles. The molecule has 0 bridgehead atoms. The number of pyridine rings is 1. The van der Waals surface area contributed by atoms with Crippen LogP contribution >= 0.6 is 21.6 Å². The first-order chi connectivity index (χ1) is 17.8. The van der Waals surface area contributed by atoms with E-state index in [1.165, 1.54) is 70.6 Å². The van der Waals surface area contributed by atoms with Crippen molar-refractivity contribution in [2.75, 3.05) is 0 Å². The van der Waals surface area contributed by atoms with Crippen molar-refractivity contribution >= 4 is 21.6 Å². The first-order valence-electron chi connectivity index (χ1n) is 15.7. The minimum absolute atomic E-state index is 0.465. The second-order valence-electron chi connectivity index (χ2n) is 14.2. The molecule has 206 valence electrons. The Morgan fingerprint density at radius 3 is 2.57 bits per heavy atom. The highest BCUT2D eigenvalue weighted by molar-refractivity contribution is 8.76. The van der Waals surface area contributed by atoms with Crippen molar-refractivity contribution in [3.8, 4) is 0 Å². The molecule has 3 heteroatoms. The van der Waals surface area contributed by atoms with Crippen molar-refractivity contribution in [1.82, 2.24) is 4.98 Å². The largest absolute Gasteiger partial charge is 0.249 e. The number of allylic oxidation sites excluding steroid dienone is 2. The van der Waals surface area contributed by atoms with Crippen LogP contribution in [0.2, 0.25) is 0 Å². The molecular formula is C34H53NS2. The summed E-state index contributed by atoms with van der Waals surface area (Å²) in [5.74, 6) is 6.44. The molecule has 3 fully saturated rings. The zero-order valence-corrected chi connectivity index (χ0v) is 26.2. The van der Waals surface area contributed by atoms with Gasteiger partial charge < -0.3 is 0 Å². The minimum atomic E-state index is 0.465. The van der Waals surface area contributed by atoms with Crippen molar-refractivity contribution in [3.63, 3.8) is 0 Å². The molecule has 0 aliphatic heterocycles. The molecule has 0 radical (unpaired) electrons. The van der Waals surface area contributed by atoms with Crippen LogP contribution < -0.4 is 0 Å². The molecule has 0 saturated heterocycles. The third-order valence-electron chi connectivity index (χ3n) is 12.2. The van der Waals surface area contributed by atoms with E-state index in [1.807, 2.05) is 28.6 Å². The van der Waals surface area contributed by atoms with E-state index in [1.54, 1.807) is 0 Å². The predicted octanol–water partition coefficient (Wildman–Crippen LogP) is 10.9. The van der Waals surface area contributed by atoms with E-state index < -0.39 is 0 Å². The van der Waals surface area contributed by atoms with Crippen molar-refractivity contribution < 1.29 is 0 Å². The summed E-state index contributed by atoms with van der Waals surface area (Å²) < 4.78 is 0. The van der Waals surface area contributed by atoms with Crippen LogP contribution in [0.5, 0.6) is 0 Å². The lowest BCUT2D eigenvalue weighted by molar-refractivity contribution is -0.0500. The molecule has 1 aromatic rings. The molecule has 0 N–H and O–H groups in total. The summed E-state index contributed by atoms with van der Waals surface area (Å²) in [5.41, 5.74) is 2.88. The molecule has 37 heavy (non-hydrogen) atoms. The van der Waals surface area contributed by atoms with E-state index >= 15 is 0 Å². The lowest BCUT2D eigenvalue weighted by atomic mass is 9.47. The highest BCUT2D eigenvalue weighted by Crippen LogP contribution is 2.67. The lowest BCUT2D eigenvalue weighted by Crippen LogP contribution is -2.50. The zero-order chi connectivity index (χ0) is 26.2. The fourth-order valence-corrected chi connectivity index (χ4v) is 12.3. The van der Waals surface area contributed by atoms with E-state index in [9.17, 15) is 0 Å². The maximum atomic E-state index is 4.53. The van der Waals surface area contributed by atoms with Gasteiger partial charge in [0.25, 0.3) is 0 Å². The number of fused-ring (bicyclic) bond motifs is 5. The number of aromatic nitrogens is 1. The first-order valence-corrected chi connectivity index (χ1v) is 17.9. The fraction of sp³-hybridized carbons (Fsp3) is 0.794. The van der Waals surface area contributed by atoms with Crippen LogP contribution in [0.3, 0.4) is 0 Å². The second kappa shape index (κ2) is 11.6. The molecule has 4 aliphatic rings. The van der Waals surface area contributed by atoms with Crippen LogP contribution in [0, 0.1) is 52.3 Å². The highest BCUT2D eigenvalue weighted by atomic mass is 33.1. The van der Waals surface area contributed by atoms with Gasteiger partial charge in [-0.2, -0.15) is 0 Å². The minimum Gasteiger partial charge on any atom is -0.249 e. The lowest BCUT2D eigenvalue weighted by Gasteiger charge is -2.58. The van der Waals surface area contributed by atoms with Gasteiger partial charge in [0.05, 0.1) is 0 Å². The van der Waals surface area contributed by atoms with Crippen LogP contribution in [0.1, 0.15) is 112 Å². The predicted molar refractivity (Wildman–Crippen MR) is 164 cm³/mol. The molecule has 0 spiro atoms. The van der Waals surface area contributed by atoms with Gasteiger partial charge in [0.2, 0.25) is 0 Å². The van der Waals surface area contributed by atoms with Crippen LogP contribution in [-0.2, 0) is 0 Å². The number of rotatable bonds is 9. The normalized spacial score (nSPS) is 38.9. The molecule has 1 heterocycles. The number of nitrogens with zero attached hydrogens (tertiary/aromatic N) is 1. The standard InChI is InChI=1S/C34H53NS2/c1-7-25(23(2)3)12-11-24(4)29-15-16-30-28-14-13-26-22-27(36-37-32-10-8-9-21-35-32)17-19-33(26,5)31(28)18-20-34(29,30)6/h8-10,13,21,23-25,27-31H,7,11-12,14-20,22H2,1-6H3/t24-,25-,27+,28+,29-,30?,31?,33+,34-/m1/s1. The molecule has 2 unspecified atom stereocenters. The van der Waals surface area contributed by atoms with Gasteiger partial charge in [-0.3, -0.25) is 0 Å². The summed E-state index contributed by atoms with van der Waals surface area (Å²) in [5, 5.41) is 1.90. The average molecular weight is 540 g/mol. The number of hydrogen-bond donors (Lipinski definition) is 0. The molecule has 1 nitrogen and oxygen atoms in total. The van der Waals surface area contributed by atoms with Crippen LogP contribution in [0.15, 0.2) is 41.1 Å². The zero-order valence-electron chi connectivity index (χ0n) is 24.5. The van der Waals surface area contributed by atoms with Gasteiger partial charge in [0.15, 0.2) is 0 Å². The van der Waals surface area contributed by atoms with Crippen molar-refractivity contribution in [2.45, 2.75) is 122 Å². The molecule has 4 aliphatic carbocycles. The SMILES string of the molecule is CC[C@H](CC[C@@H](C)[C@H]1CCC2[C@@H]3CC=C4C[C@@H](SSc5ccccn5)CC[C@]4(C)C3CC[C@@]21C)C(C)C. The van der Waals surface area contributed by atoms with E-state index in [0.717, 1.165) is 51.7 Å². The van der Waals surface area contributed by atoms with Crippen molar-refractivity contribution in [1.29, 1.82) is 0 Å². The summed E-state index contributed by atoms with van der Waals surface area (Å²) in [6.07, 6.45) is 20.4. The van der Waals surface area contributed by atoms with Crippen LogP contribution in [0.25, 0.3) is 0 Å². The van der Waals surface area contributed by atoms with Gasteiger partial charge in [0, 0.05) is 11.4 Å². The first kappa shape index (κ1) is 28.1. The average Bonchev–Trinajstić information content (AvgIpc) is 3.25. The van der Waals surface area contributed by atoms with E-state index in [2.05, 4.69) is 75.5 Å². The summed E-state index contributed by atoms with van der Waals surface area (Å²) in [7, 11) is 3.97. The Morgan fingerprint density at radius 1 is 1.00 bits per heavy atom. The maximum absolute atomic E-state index is 4.53. The van der Waals surface area contributed by atoms with Crippen molar-refractivity contribution in [3.05, 3.63) is 36.0 Å². The van der Waals surface area contributed by atoms with E-state index in [0.29, 0.717) is 10.8 Å². The molecule has 1 aromatic heterocycles. The molecule has 0 aromatic carbocycles. The monoisotopic (exact) mass is 539 g/mol.